The standard InChI is InChI=1S/C15H27N3/c1-12(2)17-15-16-9-11-18(15)10-8-14-6-4-13(3)5-7-14/h9,11-14H,4-8,10H2,1-3H3,(H,16,17). The van der Waals surface area contributed by atoms with E-state index in [1.807, 2.05) is 6.20 Å². The molecule has 0 saturated heterocycles. The molecule has 0 bridgehead atoms. The van der Waals surface area contributed by atoms with Crippen molar-refractivity contribution in [3.05, 3.63) is 12.4 Å². The Morgan fingerprint density at radius 1 is 1.33 bits per heavy atom. The van der Waals surface area contributed by atoms with Gasteiger partial charge in [0.2, 0.25) is 5.95 Å². The highest BCUT2D eigenvalue weighted by atomic mass is 15.2. The molecule has 2 rings (SSSR count). The Bertz CT molecular complexity index is 348. The molecule has 18 heavy (non-hydrogen) atoms. The summed E-state index contributed by atoms with van der Waals surface area (Å²) in [5.41, 5.74) is 0. The fourth-order valence-electron chi connectivity index (χ4n) is 2.83. The zero-order valence-electron chi connectivity index (χ0n) is 12.0. The molecule has 1 fully saturated rings. The molecule has 3 heteroatoms. The highest BCUT2D eigenvalue weighted by Gasteiger charge is 2.18. The van der Waals surface area contributed by atoms with Gasteiger partial charge in [0, 0.05) is 25.0 Å². The van der Waals surface area contributed by atoms with Gasteiger partial charge in [-0.3, -0.25) is 0 Å². The first kappa shape index (κ1) is 13.4. The first-order valence-corrected chi connectivity index (χ1v) is 7.43. The fraction of sp³-hybridized carbons (Fsp3) is 0.800. The van der Waals surface area contributed by atoms with Crippen molar-refractivity contribution in [2.24, 2.45) is 11.8 Å². The molecule has 1 aliphatic rings. The Hall–Kier alpha value is -0.990. The third-order valence-corrected chi connectivity index (χ3v) is 4.05. The third-order valence-electron chi connectivity index (χ3n) is 4.05. The molecule has 0 amide bonds. The van der Waals surface area contributed by atoms with E-state index in [0.29, 0.717) is 6.04 Å². The van der Waals surface area contributed by atoms with E-state index in [1.165, 1.54) is 32.1 Å². The monoisotopic (exact) mass is 249 g/mol. The molecule has 102 valence electrons. The highest BCUT2D eigenvalue weighted by molar-refractivity contribution is 5.26. The highest BCUT2D eigenvalue weighted by Crippen LogP contribution is 2.30. The van der Waals surface area contributed by atoms with Crippen LogP contribution >= 0.6 is 0 Å². The molecule has 1 aliphatic carbocycles. The number of nitrogens with one attached hydrogen (secondary N) is 1. The van der Waals surface area contributed by atoms with Gasteiger partial charge in [-0.1, -0.05) is 32.6 Å². The molecule has 0 unspecified atom stereocenters. The molecule has 1 aromatic rings. The van der Waals surface area contributed by atoms with Crippen LogP contribution in [0.3, 0.4) is 0 Å². The molecular formula is C15H27N3. The van der Waals surface area contributed by atoms with Crippen molar-refractivity contribution in [1.29, 1.82) is 0 Å². The van der Waals surface area contributed by atoms with Gasteiger partial charge < -0.3 is 9.88 Å². The summed E-state index contributed by atoms with van der Waals surface area (Å²) in [6.07, 6.45) is 11.0. The Labute approximate surface area is 111 Å². The Balaban J connectivity index is 1.81. The van der Waals surface area contributed by atoms with Crippen LogP contribution in [0.5, 0.6) is 0 Å². The third kappa shape index (κ3) is 3.76. The topological polar surface area (TPSA) is 29.9 Å². The number of aromatic nitrogens is 2. The molecule has 1 saturated carbocycles. The fourth-order valence-corrected chi connectivity index (χ4v) is 2.83. The lowest BCUT2D eigenvalue weighted by molar-refractivity contribution is 0.269. The van der Waals surface area contributed by atoms with Gasteiger partial charge in [0.05, 0.1) is 0 Å². The van der Waals surface area contributed by atoms with Crippen molar-refractivity contribution in [1.82, 2.24) is 9.55 Å². The lowest BCUT2D eigenvalue weighted by Crippen LogP contribution is -2.17. The van der Waals surface area contributed by atoms with Gasteiger partial charge >= 0.3 is 0 Å². The van der Waals surface area contributed by atoms with Crippen LogP contribution in [-0.4, -0.2) is 15.6 Å². The number of aryl methyl sites for hydroxylation is 1. The van der Waals surface area contributed by atoms with Crippen molar-refractivity contribution in [3.63, 3.8) is 0 Å². The molecule has 3 nitrogen and oxygen atoms in total. The largest absolute Gasteiger partial charge is 0.353 e. The number of nitrogens with zero attached hydrogens (tertiary/aromatic N) is 2. The van der Waals surface area contributed by atoms with Gasteiger partial charge in [-0.25, -0.2) is 4.98 Å². The van der Waals surface area contributed by atoms with Crippen LogP contribution in [0.4, 0.5) is 5.95 Å². The smallest absolute Gasteiger partial charge is 0.202 e. The normalized spacial score (nSPS) is 24.4. The predicted octanol–water partition coefficient (Wildman–Crippen LogP) is 3.92. The van der Waals surface area contributed by atoms with Crippen molar-refractivity contribution in [2.75, 3.05) is 5.32 Å². The van der Waals surface area contributed by atoms with E-state index >= 15 is 0 Å². The van der Waals surface area contributed by atoms with Crippen molar-refractivity contribution in [2.45, 2.75) is 65.5 Å². The second kappa shape index (κ2) is 6.26. The van der Waals surface area contributed by atoms with E-state index in [2.05, 4.69) is 41.8 Å². The maximum Gasteiger partial charge on any atom is 0.202 e. The number of hydrogen-bond donors (Lipinski definition) is 1. The van der Waals surface area contributed by atoms with E-state index in [0.717, 1.165) is 24.3 Å². The van der Waals surface area contributed by atoms with Gasteiger partial charge in [-0.2, -0.15) is 0 Å². The summed E-state index contributed by atoms with van der Waals surface area (Å²) in [5.74, 6) is 2.90. The number of hydrogen-bond acceptors (Lipinski definition) is 2. The van der Waals surface area contributed by atoms with E-state index in [-0.39, 0.29) is 0 Å². The zero-order valence-corrected chi connectivity index (χ0v) is 12.0. The number of anilines is 1. The average molecular weight is 249 g/mol. The Morgan fingerprint density at radius 3 is 2.72 bits per heavy atom. The summed E-state index contributed by atoms with van der Waals surface area (Å²) in [5, 5.41) is 3.40. The maximum absolute atomic E-state index is 4.38. The van der Waals surface area contributed by atoms with Gasteiger partial charge in [0.15, 0.2) is 0 Å². The lowest BCUT2D eigenvalue weighted by atomic mass is 9.81. The minimum Gasteiger partial charge on any atom is -0.353 e. The molecule has 0 aliphatic heterocycles. The van der Waals surface area contributed by atoms with E-state index in [4.69, 9.17) is 0 Å². The van der Waals surface area contributed by atoms with Crippen LogP contribution < -0.4 is 5.32 Å². The van der Waals surface area contributed by atoms with E-state index < -0.39 is 0 Å². The molecule has 1 N–H and O–H groups in total. The first-order valence-electron chi connectivity index (χ1n) is 7.43. The molecule has 0 radical (unpaired) electrons. The summed E-state index contributed by atoms with van der Waals surface area (Å²) in [7, 11) is 0. The van der Waals surface area contributed by atoms with Gasteiger partial charge in [-0.05, 0) is 32.1 Å². The summed E-state index contributed by atoms with van der Waals surface area (Å²) in [6.45, 7) is 7.80. The summed E-state index contributed by atoms with van der Waals surface area (Å²) >= 11 is 0. The first-order chi connectivity index (χ1) is 8.65. The van der Waals surface area contributed by atoms with Gasteiger partial charge in [0.25, 0.3) is 0 Å². The minimum atomic E-state index is 0.446. The lowest BCUT2D eigenvalue weighted by Gasteiger charge is -2.26. The van der Waals surface area contributed by atoms with Crippen LogP contribution in [0.1, 0.15) is 52.9 Å². The SMILES string of the molecule is CC1CCC(CCn2ccnc2NC(C)C)CC1. The van der Waals surface area contributed by atoms with Crippen LogP contribution in [0, 0.1) is 11.8 Å². The molecular weight excluding hydrogens is 222 g/mol. The average Bonchev–Trinajstić information content (AvgIpc) is 2.75. The van der Waals surface area contributed by atoms with Crippen LogP contribution in [0.15, 0.2) is 12.4 Å². The zero-order chi connectivity index (χ0) is 13.0. The van der Waals surface area contributed by atoms with E-state index in [9.17, 15) is 0 Å². The maximum atomic E-state index is 4.38. The molecule has 0 spiro atoms. The molecule has 1 heterocycles. The molecule has 1 aromatic heterocycles. The Kier molecular flexibility index (Phi) is 4.67. The molecule has 0 aromatic carbocycles. The van der Waals surface area contributed by atoms with Crippen molar-refractivity contribution in [3.8, 4) is 0 Å². The predicted molar refractivity (Wildman–Crippen MR) is 76.7 cm³/mol. The van der Waals surface area contributed by atoms with Gasteiger partial charge in [-0.15, -0.1) is 0 Å². The van der Waals surface area contributed by atoms with Crippen LogP contribution in [0.2, 0.25) is 0 Å². The van der Waals surface area contributed by atoms with Crippen LogP contribution in [0.25, 0.3) is 0 Å². The summed E-state index contributed by atoms with van der Waals surface area (Å²) in [6, 6.07) is 0.446. The molecule has 0 atom stereocenters. The summed E-state index contributed by atoms with van der Waals surface area (Å²) < 4.78 is 2.26. The Morgan fingerprint density at radius 2 is 2.06 bits per heavy atom. The van der Waals surface area contributed by atoms with Crippen molar-refractivity contribution >= 4 is 5.95 Å². The second-order valence-electron chi connectivity index (χ2n) is 6.16. The summed E-state index contributed by atoms with van der Waals surface area (Å²) in [4.78, 5) is 4.38. The second-order valence-corrected chi connectivity index (χ2v) is 6.16. The van der Waals surface area contributed by atoms with E-state index in [1.54, 1.807) is 0 Å². The van der Waals surface area contributed by atoms with Gasteiger partial charge in [0.1, 0.15) is 0 Å². The number of rotatable bonds is 5. The minimum absolute atomic E-state index is 0.446. The quantitative estimate of drug-likeness (QED) is 0.857. The van der Waals surface area contributed by atoms with Crippen LogP contribution in [-0.2, 0) is 6.54 Å². The number of imidazole rings is 1. The van der Waals surface area contributed by atoms with Crippen molar-refractivity contribution < 1.29 is 0 Å².